The van der Waals surface area contributed by atoms with Gasteiger partial charge in [-0.25, -0.2) is 4.79 Å². The molecule has 1 aromatic rings. The molecule has 0 unspecified atom stereocenters. The molecule has 0 spiro atoms. The topological polar surface area (TPSA) is 77.1 Å². The summed E-state index contributed by atoms with van der Waals surface area (Å²) in [6.45, 7) is 10.9. The van der Waals surface area contributed by atoms with Crippen molar-refractivity contribution in [2.75, 3.05) is 21.3 Å². The van der Waals surface area contributed by atoms with Gasteiger partial charge >= 0.3 is 6.09 Å². The molecule has 1 rings (SSSR count). The van der Waals surface area contributed by atoms with Crippen molar-refractivity contribution in [2.45, 2.75) is 51.8 Å². The number of rotatable bonds is 8. The minimum atomic E-state index is -0.768. The second-order valence-corrected chi connectivity index (χ2v) is 7.56. The van der Waals surface area contributed by atoms with Crippen LogP contribution in [0.1, 0.15) is 33.3 Å². The highest BCUT2D eigenvalue weighted by molar-refractivity contribution is 5.86. The molecule has 0 fully saturated rings. The van der Waals surface area contributed by atoms with Crippen LogP contribution in [0.5, 0.6) is 5.75 Å². The first-order valence-electron chi connectivity index (χ1n) is 9.10. The van der Waals surface area contributed by atoms with Crippen molar-refractivity contribution >= 4 is 12.0 Å². The summed E-state index contributed by atoms with van der Waals surface area (Å²) in [5, 5.41) is 2.83. The number of amides is 2. The Hall–Kier alpha value is -2.70. The van der Waals surface area contributed by atoms with Gasteiger partial charge in [0.05, 0.1) is 20.3 Å². The van der Waals surface area contributed by atoms with E-state index in [-0.39, 0.29) is 5.91 Å². The highest BCUT2D eigenvalue weighted by Gasteiger charge is 2.31. The number of hydrogen-bond acceptors (Lipinski definition) is 5. The molecule has 7 heteroatoms. The molecule has 0 aliphatic heterocycles. The predicted molar refractivity (Wildman–Crippen MR) is 108 cm³/mol. The van der Waals surface area contributed by atoms with Crippen LogP contribution in [0.25, 0.3) is 0 Å². The van der Waals surface area contributed by atoms with Gasteiger partial charge in [-0.3, -0.25) is 9.69 Å². The average Bonchev–Trinajstić information content (AvgIpc) is 2.63. The first kappa shape index (κ1) is 23.3. The summed E-state index contributed by atoms with van der Waals surface area (Å²) < 4.78 is 15.7. The van der Waals surface area contributed by atoms with Crippen LogP contribution >= 0.6 is 0 Å². The average molecular weight is 392 g/mol. The van der Waals surface area contributed by atoms with E-state index < -0.39 is 23.8 Å². The highest BCUT2D eigenvalue weighted by Crippen LogP contribution is 2.17. The minimum Gasteiger partial charge on any atom is -0.500 e. The molecule has 28 heavy (non-hydrogen) atoms. The number of ether oxygens (including phenoxy) is 3. The van der Waals surface area contributed by atoms with Gasteiger partial charge in [0.25, 0.3) is 0 Å². The molecular formula is C21H32N2O5. The van der Waals surface area contributed by atoms with Crippen LogP contribution in [-0.2, 0) is 20.7 Å². The first-order valence-corrected chi connectivity index (χ1v) is 9.10. The number of hydrogen-bond donors (Lipinski definition) is 1. The summed E-state index contributed by atoms with van der Waals surface area (Å²) in [5.74, 6) is 0.821. The summed E-state index contributed by atoms with van der Waals surface area (Å²) in [4.78, 5) is 26.8. The van der Waals surface area contributed by atoms with Crippen LogP contribution in [0.15, 0.2) is 36.6 Å². The van der Waals surface area contributed by atoms with E-state index in [1.807, 2.05) is 24.3 Å². The maximum atomic E-state index is 12.9. The number of nitrogens with zero attached hydrogens (tertiary/aromatic N) is 1. The molecule has 0 aliphatic carbocycles. The monoisotopic (exact) mass is 392 g/mol. The Kier molecular flexibility index (Phi) is 8.35. The van der Waals surface area contributed by atoms with E-state index in [1.54, 1.807) is 41.9 Å². The zero-order valence-corrected chi connectivity index (χ0v) is 17.9. The van der Waals surface area contributed by atoms with Gasteiger partial charge in [-0.1, -0.05) is 18.7 Å². The second-order valence-electron chi connectivity index (χ2n) is 7.56. The molecule has 0 heterocycles. The number of carbonyl (C=O) groups excluding carboxylic acids is 2. The second kappa shape index (κ2) is 10.0. The standard InChI is InChI=1S/C21H32N2O5/c1-14(15(2)26-7)22-19(24)18(23(6)20(25)28-21(3,4)5)13-16-9-11-17(27-8)12-10-16/h9-12,14,18H,2,13H2,1,3-8H3,(H,22,24)/t14-,18-/m0/s1. The molecule has 2 amide bonds. The van der Waals surface area contributed by atoms with E-state index in [1.165, 1.54) is 12.0 Å². The van der Waals surface area contributed by atoms with Crippen molar-refractivity contribution in [3.63, 3.8) is 0 Å². The molecule has 0 radical (unpaired) electrons. The van der Waals surface area contributed by atoms with Crippen molar-refractivity contribution < 1.29 is 23.8 Å². The smallest absolute Gasteiger partial charge is 0.410 e. The summed E-state index contributed by atoms with van der Waals surface area (Å²) in [6, 6.07) is 6.18. The normalized spacial score (nSPS) is 13.1. The van der Waals surface area contributed by atoms with Crippen LogP contribution in [0.4, 0.5) is 4.79 Å². The zero-order chi connectivity index (χ0) is 21.5. The van der Waals surface area contributed by atoms with Gasteiger partial charge in [0, 0.05) is 13.5 Å². The molecule has 0 aliphatic rings. The fourth-order valence-corrected chi connectivity index (χ4v) is 2.42. The van der Waals surface area contributed by atoms with Gasteiger partial charge in [-0.2, -0.15) is 0 Å². The number of methoxy groups -OCH3 is 2. The van der Waals surface area contributed by atoms with Gasteiger partial charge in [0.2, 0.25) is 5.91 Å². The summed E-state index contributed by atoms with van der Waals surface area (Å²) in [5.41, 5.74) is 0.221. The molecule has 156 valence electrons. The maximum Gasteiger partial charge on any atom is 0.410 e. The summed E-state index contributed by atoms with van der Waals surface area (Å²) >= 11 is 0. The fourth-order valence-electron chi connectivity index (χ4n) is 2.42. The minimum absolute atomic E-state index is 0.317. The van der Waals surface area contributed by atoms with E-state index >= 15 is 0 Å². The Morgan fingerprint density at radius 1 is 1.18 bits per heavy atom. The third kappa shape index (κ3) is 7.13. The fraction of sp³-hybridized carbons (Fsp3) is 0.524. The SMILES string of the molecule is C=C(OC)[C@H](C)NC(=O)[C@H](Cc1ccc(OC)cc1)N(C)C(=O)OC(C)(C)C. The Bertz CT molecular complexity index is 679. The summed E-state index contributed by atoms with van der Waals surface area (Å²) in [6.07, 6.45) is -0.253. The van der Waals surface area contributed by atoms with Crippen molar-refractivity contribution in [1.29, 1.82) is 0 Å². The zero-order valence-electron chi connectivity index (χ0n) is 17.9. The molecule has 0 saturated carbocycles. The molecule has 1 aromatic carbocycles. The Morgan fingerprint density at radius 3 is 2.21 bits per heavy atom. The molecular weight excluding hydrogens is 360 g/mol. The van der Waals surface area contributed by atoms with Crippen LogP contribution in [0, 0.1) is 0 Å². The first-order chi connectivity index (χ1) is 13.0. The van der Waals surface area contributed by atoms with Crippen molar-refractivity contribution in [1.82, 2.24) is 10.2 Å². The Labute approximate surface area is 167 Å². The quantitative estimate of drug-likeness (QED) is 0.688. The summed E-state index contributed by atoms with van der Waals surface area (Å²) in [7, 11) is 4.63. The van der Waals surface area contributed by atoms with Crippen LogP contribution < -0.4 is 10.1 Å². The van der Waals surface area contributed by atoms with E-state index in [4.69, 9.17) is 14.2 Å². The van der Waals surface area contributed by atoms with Crippen molar-refractivity contribution in [3.8, 4) is 5.75 Å². The highest BCUT2D eigenvalue weighted by atomic mass is 16.6. The van der Waals surface area contributed by atoms with Crippen LogP contribution in [-0.4, -0.2) is 55.9 Å². The molecule has 0 aromatic heterocycles. The van der Waals surface area contributed by atoms with E-state index in [9.17, 15) is 9.59 Å². The van der Waals surface area contributed by atoms with Crippen LogP contribution in [0.2, 0.25) is 0 Å². The van der Waals surface area contributed by atoms with E-state index in [0.717, 1.165) is 11.3 Å². The molecule has 1 N–H and O–H groups in total. The van der Waals surface area contributed by atoms with Crippen LogP contribution in [0.3, 0.4) is 0 Å². The lowest BCUT2D eigenvalue weighted by Gasteiger charge is -2.31. The number of carbonyl (C=O) groups is 2. The Balaban J connectivity index is 3.04. The molecule has 7 nitrogen and oxygen atoms in total. The van der Waals surface area contributed by atoms with E-state index in [2.05, 4.69) is 11.9 Å². The number of likely N-dealkylation sites (N-methyl/N-ethyl adjacent to an activating group) is 1. The van der Waals surface area contributed by atoms with Crippen molar-refractivity contribution in [3.05, 3.63) is 42.2 Å². The largest absolute Gasteiger partial charge is 0.500 e. The van der Waals surface area contributed by atoms with Gasteiger partial charge in [-0.15, -0.1) is 0 Å². The molecule has 0 bridgehead atoms. The lowest BCUT2D eigenvalue weighted by molar-refractivity contribution is -0.126. The van der Waals surface area contributed by atoms with E-state index in [0.29, 0.717) is 12.2 Å². The Morgan fingerprint density at radius 2 is 1.75 bits per heavy atom. The van der Waals surface area contributed by atoms with Gasteiger partial charge in [0.1, 0.15) is 23.2 Å². The maximum absolute atomic E-state index is 12.9. The third-order valence-electron chi connectivity index (χ3n) is 4.14. The van der Waals surface area contributed by atoms with Gasteiger partial charge < -0.3 is 19.5 Å². The lowest BCUT2D eigenvalue weighted by atomic mass is 10.0. The van der Waals surface area contributed by atoms with Gasteiger partial charge in [-0.05, 0) is 45.4 Å². The molecule has 0 saturated heterocycles. The third-order valence-corrected chi connectivity index (χ3v) is 4.14. The number of nitrogens with one attached hydrogen (secondary N) is 1. The predicted octanol–water partition coefficient (Wildman–Crippen LogP) is 3.14. The van der Waals surface area contributed by atoms with Crippen molar-refractivity contribution in [2.24, 2.45) is 0 Å². The van der Waals surface area contributed by atoms with Gasteiger partial charge in [0.15, 0.2) is 0 Å². The number of benzene rings is 1. The molecule has 2 atom stereocenters. The lowest BCUT2D eigenvalue weighted by Crippen LogP contribution is -2.52.